The van der Waals surface area contributed by atoms with Gasteiger partial charge in [0.05, 0.1) is 12.1 Å². The van der Waals surface area contributed by atoms with Crippen LogP contribution < -0.4 is 0 Å². The van der Waals surface area contributed by atoms with E-state index in [-0.39, 0.29) is 25.0 Å². The molecule has 1 rings (SSSR count). The highest BCUT2D eigenvalue weighted by Gasteiger charge is 2.49. The van der Waals surface area contributed by atoms with Gasteiger partial charge >= 0.3 is 5.97 Å². The molecular weight excluding hydrogens is 151 g/mol. The summed E-state index contributed by atoms with van der Waals surface area (Å²) >= 11 is 0. The largest absolute Gasteiger partial charge is 0.481 e. The number of carboxylic acid groups (broad SMARTS) is 1. The van der Waals surface area contributed by atoms with Crippen molar-refractivity contribution in [2.75, 3.05) is 6.67 Å². The third kappa shape index (κ3) is 1.25. The number of carbonyl (C=O) groups excluding carboxylic acids is 1. The van der Waals surface area contributed by atoms with Crippen molar-refractivity contribution in [3.05, 3.63) is 0 Å². The maximum absolute atomic E-state index is 11.8. The number of Topliss-reactive ketones (excluding diaryl/α,β-unsaturated/α-hetero) is 1. The van der Waals surface area contributed by atoms with Gasteiger partial charge in [-0.3, -0.25) is 14.0 Å². The molecule has 0 aromatic heterocycles. The summed E-state index contributed by atoms with van der Waals surface area (Å²) in [4.78, 5) is 21.0. The second-order valence-corrected chi connectivity index (χ2v) is 2.92. The molecule has 3 nitrogen and oxygen atoms in total. The highest BCUT2D eigenvalue weighted by Crippen LogP contribution is 2.41. The minimum Gasteiger partial charge on any atom is -0.481 e. The smallest absolute Gasteiger partial charge is 0.310 e. The fraction of sp³-hybridized carbons (Fsp3) is 0.714. The number of rotatable bonds is 3. The molecular formula is C7H9FO3. The highest BCUT2D eigenvalue weighted by atomic mass is 19.1. The van der Waals surface area contributed by atoms with E-state index in [0.717, 1.165) is 0 Å². The van der Waals surface area contributed by atoms with Crippen LogP contribution in [0.5, 0.6) is 0 Å². The van der Waals surface area contributed by atoms with Crippen molar-refractivity contribution >= 4 is 11.8 Å². The molecule has 0 bridgehead atoms. The number of ketones is 1. The molecule has 0 atom stereocenters. The monoisotopic (exact) mass is 160 g/mol. The second-order valence-electron chi connectivity index (χ2n) is 2.92. The van der Waals surface area contributed by atoms with E-state index in [0.29, 0.717) is 0 Å². The van der Waals surface area contributed by atoms with Crippen LogP contribution in [-0.2, 0) is 9.59 Å². The van der Waals surface area contributed by atoms with Crippen LogP contribution in [0.15, 0.2) is 0 Å². The third-order valence-corrected chi connectivity index (χ3v) is 2.10. The minimum atomic E-state index is -1.06. The van der Waals surface area contributed by atoms with E-state index in [2.05, 4.69) is 0 Å². The fourth-order valence-corrected chi connectivity index (χ4v) is 1.32. The molecule has 0 amide bonds. The lowest BCUT2D eigenvalue weighted by atomic mass is 9.66. The quantitative estimate of drug-likeness (QED) is 0.663. The summed E-state index contributed by atoms with van der Waals surface area (Å²) in [6, 6.07) is 0. The third-order valence-electron chi connectivity index (χ3n) is 2.10. The van der Waals surface area contributed by atoms with E-state index in [1.54, 1.807) is 0 Å². The molecule has 0 spiro atoms. The topological polar surface area (TPSA) is 54.4 Å². The number of halogens is 1. The van der Waals surface area contributed by atoms with Crippen molar-refractivity contribution in [1.82, 2.24) is 0 Å². The van der Waals surface area contributed by atoms with Crippen LogP contribution in [0.25, 0.3) is 0 Å². The molecule has 0 heterocycles. The van der Waals surface area contributed by atoms with Crippen LogP contribution in [-0.4, -0.2) is 23.5 Å². The first-order valence-corrected chi connectivity index (χ1v) is 3.42. The number of carboxylic acids is 1. The van der Waals surface area contributed by atoms with Crippen molar-refractivity contribution in [3.63, 3.8) is 0 Å². The van der Waals surface area contributed by atoms with E-state index in [1.165, 1.54) is 0 Å². The summed E-state index contributed by atoms with van der Waals surface area (Å²) in [6.45, 7) is -0.667. The lowest BCUT2D eigenvalue weighted by Gasteiger charge is -2.35. The second kappa shape index (κ2) is 2.60. The highest BCUT2D eigenvalue weighted by molar-refractivity contribution is 5.96. The van der Waals surface area contributed by atoms with Crippen molar-refractivity contribution in [2.45, 2.75) is 19.3 Å². The molecule has 1 saturated carbocycles. The Balaban J connectivity index is 2.60. The number of aliphatic carboxylic acids is 1. The molecule has 0 aliphatic heterocycles. The van der Waals surface area contributed by atoms with Gasteiger partial charge in [-0.15, -0.1) is 0 Å². The van der Waals surface area contributed by atoms with Crippen LogP contribution in [0.1, 0.15) is 19.3 Å². The Kier molecular flexibility index (Phi) is 1.93. The van der Waals surface area contributed by atoms with Crippen LogP contribution in [0.2, 0.25) is 0 Å². The molecule has 0 radical (unpaired) electrons. The van der Waals surface area contributed by atoms with Gasteiger partial charge in [-0.25, -0.2) is 0 Å². The van der Waals surface area contributed by atoms with Gasteiger partial charge in [0.15, 0.2) is 0 Å². The minimum absolute atomic E-state index is 0.00620. The van der Waals surface area contributed by atoms with Gasteiger partial charge in [0.2, 0.25) is 0 Å². The Hall–Kier alpha value is -0.930. The molecule has 1 N–H and O–H groups in total. The first-order valence-electron chi connectivity index (χ1n) is 3.42. The van der Waals surface area contributed by atoms with Crippen molar-refractivity contribution in [1.29, 1.82) is 0 Å². The van der Waals surface area contributed by atoms with Crippen molar-refractivity contribution < 1.29 is 19.1 Å². The van der Waals surface area contributed by atoms with Crippen molar-refractivity contribution in [3.8, 4) is 0 Å². The van der Waals surface area contributed by atoms with Gasteiger partial charge in [-0.1, -0.05) is 0 Å². The van der Waals surface area contributed by atoms with Gasteiger partial charge < -0.3 is 5.11 Å². The number of hydrogen-bond donors (Lipinski definition) is 1. The zero-order valence-corrected chi connectivity index (χ0v) is 5.97. The molecule has 1 aliphatic rings. The average Bonchev–Trinajstić information content (AvgIpc) is 1.84. The fourth-order valence-electron chi connectivity index (χ4n) is 1.32. The summed E-state index contributed by atoms with van der Waals surface area (Å²) in [5, 5.41) is 8.61. The lowest BCUT2D eigenvalue weighted by Crippen LogP contribution is -2.44. The van der Waals surface area contributed by atoms with Gasteiger partial charge in [-0.2, -0.15) is 0 Å². The Morgan fingerprint density at radius 1 is 1.64 bits per heavy atom. The number of hydrogen-bond acceptors (Lipinski definition) is 2. The van der Waals surface area contributed by atoms with Crippen LogP contribution in [0, 0.1) is 5.41 Å². The van der Waals surface area contributed by atoms with E-state index < -0.39 is 18.1 Å². The predicted molar refractivity (Wildman–Crippen MR) is 34.9 cm³/mol. The van der Waals surface area contributed by atoms with E-state index in [4.69, 9.17) is 5.11 Å². The summed E-state index contributed by atoms with van der Waals surface area (Å²) in [5.41, 5.74) is -1.06. The van der Waals surface area contributed by atoms with Crippen LogP contribution in [0.4, 0.5) is 4.39 Å². The maximum atomic E-state index is 11.8. The van der Waals surface area contributed by atoms with E-state index in [1.807, 2.05) is 0 Å². The van der Waals surface area contributed by atoms with E-state index in [9.17, 15) is 14.0 Å². The molecule has 4 heteroatoms. The SMILES string of the molecule is O=C1CC(CCF)(C(=O)O)C1. The van der Waals surface area contributed by atoms with Gasteiger partial charge in [0.25, 0.3) is 0 Å². The molecule has 0 saturated heterocycles. The summed E-state index contributed by atoms with van der Waals surface area (Å²) < 4.78 is 11.8. The summed E-state index contributed by atoms with van der Waals surface area (Å²) in [7, 11) is 0. The van der Waals surface area contributed by atoms with Crippen LogP contribution in [0.3, 0.4) is 0 Å². The molecule has 62 valence electrons. The number of alkyl halides is 1. The zero-order chi connectivity index (χ0) is 8.48. The molecule has 0 aromatic rings. The summed E-state index contributed by atoms with van der Waals surface area (Å²) in [6.07, 6.45) is -0.0213. The Morgan fingerprint density at radius 3 is 2.45 bits per heavy atom. The molecule has 11 heavy (non-hydrogen) atoms. The Bertz CT molecular complexity index is 192. The lowest BCUT2D eigenvalue weighted by molar-refractivity contribution is -0.161. The molecule has 0 unspecified atom stereocenters. The van der Waals surface area contributed by atoms with Gasteiger partial charge in [-0.05, 0) is 6.42 Å². The van der Waals surface area contributed by atoms with Crippen LogP contribution >= 0.6 is 0 Å². The summed E-state index contributed by atoms with van der Waals surface area (Å²) in [5.74, 6) is -1.13. The zero-order valence-electron chi connectivity index (χ0n) is 5.97. The first-order chi connectivity index (χ1) is 5.10. The van der Waals surface area contributed by atoms with Crippen molar-refractivity contribution in [2.24, 2.45) is 5.41 Å². The average molecular weight is 160 g/mol. The molecule has 0 aromatic carbocycles. The Morgan fingerprint density at radius 2 is 2.18 bits per heavy atom. The Labute approximate surface area is 63.2 Å². The normalized spacial score (nSPS) is 21.0. The standard InChI is InChI=1S/C7H9FO3/c8-2-1-7(6(10)11)3-5(9)4-7/h1-4H2,(H,10,11). The van der Waals surface area contributed by atoms with E-state index >= 15 is 0 Å². The molecule has 1 fully saturated rings. The predicted octanol–water partition coefficient (Wildman–Crippen LogP) is 0.780. The first kappa shape index (κ1) is 8.17. The number of carbonyl (C=O) groups is 2. The van der Waals surface area contributed by atoms with Gasteiger partial charge in [0, 0.05) is 12.8 Å². The maximum Gasteiger partial charge on any atom is 0.310 e. The molecule has 1 aliphatic carbocycles. The van der Waals surface area contributed by atoms with Gasteiger partial charge in [0.1, 0.15) is 5.78 Å².